The lowest BCUT2D eigenvalue weighted by Crippen LogP contribution is -2.08. The van der Waals surface area contributed by atoms with E-state index < -0.39 is 0 Å². The Labute approximate surface area is 120 Å². The van der Waals surface area contributed by atoms with Crippen molar-refractivity contribution in [2.45, 2.75) is 13.3 Å². The third kappa shape index (κ3) is 4.80. The summed E-state index contributed by atoms with van der Waals surface area (Å²) in [5, 5.41) is 6.59. The summed E-state index contributed by atoms with van der Waals surface area (Å²) in [6.07, 6.45) is 4.60. The Morgan fingerprint density at radius 2 is 1.80 bits per heavy atom. The highest BCUT2D eigenvalue weighted by Gasteiger charge is 1.96. The molecule has 1 aromatic heterocycles. The van der Waals surface area contributed by atoms with Gasteiger partial charge in [0.1, 0.15) is 5.75 Å². The van der Waals surface area contributed by atoms with Crippen LogP contribution in [0.15, 0.2) is 48.8 Å². The fourth-order valence-electron chi connectivity index (χ4n) is 1.85. The van der Waals surface area contributed by atoms with Gasteiger partial charge in [-0.25, -0.2) is 0 Å². The second-order valence-corrected chi connectivity index (χ2v) is 4.43. The van der Waals surface area contributed by atoms with Gasteiger partial charge in [-0.1, -0.05) is 18.2 Å². The minimum atomic E-state index is 0.706. The van der Waals surface area contributed by atoms with Crippen LogP contribution in [0.2, 0.25) is 0 Å². The average Bonchev–Trinajstić information content (AvgIpc) is 2.49. The van der Waals surface area contributed by atoms with Crippen molar-refractivity contribution in [2.24, 2.45) is 0 Å². The fourth-order valence-corrected chi connectivity index (χ4v) is 1.85. The molecular weight excluding hydrogens is 250 g/mol. The van der Waals surface area contributed by atoms with Crippen LogP contribution in [0.1, 0.15) is 13.3 Å². The summed E-state index contributed by atoms with van der Waals surface area (Å²) in [7, 11) is 0. The van der Waals surface area contributed by atoms with Crippen LogP contribution < -0.4 is 15.4 Å². The normalized spacial score (nSPS) is 10.1. The predicted octanol–water partition coefficient (Wildman–Crippen LogP) is 3.39. The van der Waals surface area contributed by atoms with Gasteiger partial charge in [-0.05, 0) is 31.5 Å². The third-order valence-electron chi connectivity index (χ3n) is 2.78. The van der Waals surface area contributed by atoms with Crippen LogP contribution in [0.3, 0.4) is 0 Å². The number of pyridine rings is 1. The van der Waals surface area contributed by atoms with E-state index in [1.807, 2.05) is 42.7 Å². The smallest absolute Gasteiger partial charge is 0.119 e. The van der Waals surface area contributed by atoms with Crippen molar-refractivity contribution >= 4 is 11.4 Å². The summed E-state index contributed by atoms with van der Waals surface area (Å²) in [6, 6.07) is 11.9. The lowest BCUT2D eigenvalue weighted by atomic mass is 10.3. The van der Waals surface area contributed by atoms with Crippen LogP contribution >= 0.6 is 0 Å². The highest BCUT2D eigenvalue weighted by Crippen LogP contribution is 2.12. The Hall–Kier alpha value is -2.23. The summed E-state index contributed by atoms with van der Waals surface area (Å²) in [5.74, 6) is 0.920. The summed E-state index contributed by atoms with van der Waals surface area (Å²) < 4.78 is 5.64. The molecule has 4 nitrogen and oxygen atoms in total. The number of aromatic nitrogens is 1. The molecule has 2 N–H and O–H groups in total. The molecule has 0 saturated carbocycles. The zero-order valence-corrected chi connectivity index (χ0v) is 11.8. The van der Waals surface area contributed by atoms with Gasteiger partial charge in [0.05, 0.1) is 30.4 Å². The molecule has 0 radical (unpaired) electrons. The van der Waals surface area contributed by atoms with E-state index in [9.17, 15) is 0 Å². The number of rotatable bonds is 8. The van der Waals surface area contributed by atoms with Crippen LogP contribution in [0.4, 0.5) is 11.4 Å². The van der Waals surface area contributed by atoms with Gasteiger partial charge in [0.2, 0.25) is 0 Å². The fraction of sp³-hybridized carbons (Fsp3) is 0.312. The highest BCUT2D eigenvalue weighted by molar-refractivity contribution is 5.53. The van der Waals surface area contributed by atoms with Gasteiger partial charge in [0.25, 0.3) is 0 Å². The molecule has 1 heterocycles. The van der Waals surface area contributed by atoms with E-state index in [0.717, 1.165) is 36.6 Å². The molecule has 0 unspecified atom stereocenters. The van der Waals surface area contributed by atoms with E-state index in [0.29, 0.717) is 6.61 Å². The lowest BCUT2D eigenvalue weighted by Gasteiger charge is -2.09. The molecule has 0 atom stereocenters. The Morgan fingerprint density at radius 1 is 1.05 bits per heavy atom. The van der Waals surface area contributed by atoms with Crippen molar-refractivity contribution in [1.82, 2.24) is 4.98 Å². The standard InChI is InChI=1S/C16H21N3O/c1-2-18-14-11-15(13-17-12-14)19-9-6-10-20-16-7-4-3-5-8-16/h3-5,7-8,11-13,18-19H,2,6,9-10H2,1H3. The molecule has 0 aliphatic rings. The molecule has 0 aliphatic heterocycles. The molecular formula is C16H21N3O. The molecule has 106 valence electrons. The van der Waals surface area contributed by atoms with E-state index >= 15 is 0 Å². The first-order valence-corrected chi connectivity index (χ1v) is 6.99. The van der Waals surface area contributed by atoms with Crippen LogP contribution in [0, 0.1) is 0 Å². The molecule has 4 heteroatoms. The maximum Gasteiger partial charge on any atom is 0.119 e. The number of hydrogen-bond donors (Lipinski definition) is 2. The Balaban J connectivity index is 1.67. The minimum Gasteiger partial charge on any atom is -0.494 e. The Kier molecular flexibility index (Phi) is 5.71. The van der Waals surface area contributed by atoms with Crippen molar-refractivity contribution in [2.75, 3.05) is 30.3 Å². The van der Waals surface area contributed by atoms with Gasteiger partial charge >= 0.3 is 0 Å². The average molecular weight is 271 g/mol. The molecule has 1 aromatic carbocycles. The van der Waals surface area contributed by atoms with E-state index in [2.05, 4.69) is 28.6 Å². The summed E-state index contributed by atoms with van der Waals surface area (Å²) >= 11 is 0. The van der Waals surface area contributed by atoms with E-state index in [-0.39, 0.29) is 0 Å². The maximum atomic E-state index is 5.64. The van der Waals surface area contributed by atoms with Crippen molar-refractivity contribution in [3.63, 3.8) is 0 Å². The van der Waals surface area contributed by atoms with Crippen LogP contribution in [0.25, 0.3) is 0 Å². The molecule has 0 fully saturated rings. The first-order chi connectivity index (χ1) is 9.88. The first-order valence-electron chi connectivity index (χ1n) is 6.99. The zero-order valence-electron chi connectivity index (χ0n) is 11.8. The molecule has 0 spiro atoms. The second-order valence-electron chi connectivity index (χ2n) is 4.43. The molecule has 0 aliphatic carbocycles. The summed E-state index contributed by atoms with van der Waals surface area (Å²) in [4.78, 5) is 4.19. The number of ether oxygens (including phenoxy) is 1. The second kappa shape index (κ2) is 8.04. The van der Waals surface area contributed by atoms with Gasteiger partial charge in [0, 0.05) is 13.1 Å². The van der Waals surface area contributed by atoms with Crippen molar-refractivity contribution < 1.29 is 4.74 Å². The molecule has 0 bridgehead atoms. The largest absolute Gasteiger partial charge is 0.494 e. The Bertz CT molecular complexity index is 502. The number of nitrogens with one attached hydrogen (secondary N) is 2. The molecule has 20 heavy (non-hydrogen) atoms. The number of nitrogens with zero attached hydrogens (tertiary/aromatic N) is 1. The van der Waals surface area contributed by atoms with Gasteiger partial charge in [0.15, 0.2) is 0 Å². The maximum absolute atomic E-state index is 5.64. The van der Waals surface area contributed by atoms with E-state index in [1.54, 1.807) is 0 Å². The minimum absolute atomic E-state index is 0.706. The number of anilines is 2. The summed E-state index contributed by atoms with van der Waals surface area (Å²) in [6.45, 7) is 4.54. The van der Waals surface area contributed by atoms with E-state index in [1.165, 1.54) is 0 Å². The highest BCUT2D eigenvalue weighted by atomic mass is 16.5. The van der Waals surface area contributed by atoms with Gasteiger partial charge in [-0.15, -0.1) is 0 Å². The van der Waals surface area contributed by atoms with Crippen molar-refractivity contribution in [1.29, 1.82) is 0 Å². The number of hydrogen-bond acceptors (Lipinski definition) is 4. The van der Waals surface area contributed by atoms with Crippen LogP contribution in [-0.4, -0.2) is 24.7 Å². The third-order valence-corrected chi connectivity index (χ3v) is 2.78. The predicted molar refractivity (Wildman–Crippen MR) is 83.4 cm³/mol. The van der Waals surface area contributed by atoms with Gasteiger partial charge < -0.3 is 15.4 Å². The molecule has 2 aromatic rings. The number of para-hydroxylation sites is 1. The van der Waals surface area contributed by atoms with E-state index in [4.69, 9.17) is 4.74 Å². The topological polar surface area (TPSA) is 46.2 Å². The monoisotopic (exact) mass is 271 g/mol. The van der Waals surface area contributed by atoms with Gasteiger partial charge in [-0.2, -0.15) is 0 Å². The Morgan fingerprint density at radius 3 is 2.55 bits per heavy atom. The first kappa shape index (κ1) is 14.2. The van der Waals surface area contributed by atoms with Crippen LogP contribution in [0.5, 0.6) is 5.75 Å². The quantitative estimate of drug-likeness (QED) is 0.722. The van der Waals surface area contributed by atoms with Gasteiger partial charge in [-0.3, -0.25) is 4.98 Å². The molecule has 2 rings (SSSR count). The lowest BCUT2D eigenvalue weighted by molar-refractivity contribution is 0.315. The van der Waals surface area contributed by atoms with Crippen molar-refractivity contribution in [3.8, 4) is 5.75 Å². The zero-order chi connectivity index (χ0) is 14.0. The van der Waals surface area contributed by atoms with Crippen molar-refractivity contribution in [3.05, 3.63) is 48.8 Å². The molecule has 0 saturated heterocycles. The number of benzene rings is 1. The summed E-state index contributed by atoms with van der Waals surface area (Å²) in [5.41, 5.74) is 2.07. The SMILES string of the molecule is CCNc1cncc(NCCCOc2ccccc2)c1. The molecule has 0 amide bonds. The van der Waals surface area contributed by atoms with Crippen LogP contribution in [-0.2, 0) is 0 Å².